The molecule has 0 bridgehead atoms. The lowest BCUT2D eigenvalue weighted by atomic mass is 10.1. The maximum absolute atomic E-state index is 13.2. The molecule has 0 radical (unpaired) electrons. The minimum absolute atomic E-state index is 0.0382. The summed E-state index contributed by atoms with van der Waals surface area (Å²) in [5, 5.41) is 4.33. The molecule has 0 atom stereocenters. The summed E-state index contributed by atoms with van der Waals surface area (Å²) in [6.07, 6.45) is 0.638. The van der Waals surface area contributed by atoms with Crippen LogP contribution in [0.15, 0.2) is 82.7 Å². The third-order valence-corrected chi connectivity index (χ3v) is 6.70. The number of ketones is 1. The van der Waals surface area contributed by atoms with Crippen molar-refractivity contribution >= 4 is 46.0 Å². The van der Waals surface area contributed by atoms with Gasteiger partial charge in [0, 0.05) is 30.1 Å². The van der Waals surface area contributed by atoms with Crippen LogP contribution in [0.3, 0.4) is 0 Å². The fourth-order valence-corrected chi connectivity index (χ4v) is 4.77. The maximum Gasteiger partial charge on any atom is 0.262 e. The molecule has 9 heteroatoms. The third-order valence-electron chi connectivity index (χ3n) is 5.49. The molecule has 0 unspecified atom stereocenters. The van der Waals surface area contributed by atoms with E-state index in [-0.39, 0.29) is 36.0 Å². The summed E-state index contributed by atoms with van der Waals surface area (Å²) in [7, 11) is 0. The van der Waals surface area contributed by atoms with Crippen molar-refractivity contribution in [3.63, 3.8) is 0 Å². The van der Waals surface area contributed by atoms with Crippen molar-refractivity contribution in [3.05, 3.63) is 105 Å². The van der Waals surface area contributed by atoms with E-state index in [0.29, 0.717) is 39.6 Å². The Kier molecular flexibility index (Phi) is 8.51. The number of halogens is 2. The molecule has 184 valence electrons. The summed E-state index contributed by atoms with van der Waals surface area (Å²) in [5.74, 6) is -0.719. The first-order chi connectivity index (χ1) is 17.4. The molecular formula is C27H23ClFN3O3S. The van der Waals surface area contributed by atoms with Crippen molar-refractivity contribution in [2.45, 2.75) is 31.1 Å². The quantitative estimate of drug-likeness (QED) is 0.174. The number of carbonyl (C=O) groups excluding carboxylic acids is 2. The van der Waals surface area contributed by atoms with Crippen molar-refractivity contribution in [1.82, 2.24) is 14.9 Å². The van der Waals surface area contributed by atoms with Gasteiger partial charge in [-0.3, -0.25) is 19.0 Å². The highest BCUT2D eigenvalue weighted by Crippen LogP contribution is 2.20. The number of amides is 1. The van der Waals surface area contributed by atoms with E-state index < -0.39 is 5.82 Å². The second-order valence-electron chi connectivity index (χ2n) is 8.10. The van der Waals surface area contributed by atoms with Crippen LogP contribution in [-0.2, 0) is 17.9 Å². The Morgan fingerprint density at radius 1 is 1.03 bits per heavy atom. The second kappa shape index (κ2) is 12.0. The van der Waals surface area contributed by atoms with Crippen LogP contribution in [0.1, 0.15) is 28.8 Å². The molecule has 0 aliphatic carbocycles. The number of aromatic nitrogens is 2. The average molecular weight is 524 g/mol. The van der Waals surface area contributed by atoms with Gasteiger partial charge in [0.05, 0.1) is 16.7 Å². The molecule has 0 aliphatic heterocycles. The molecule has 1 amide bonds. The molecule has 0 fully saturated rings. The van der Waals surface area contributed by atoms with Gasteiger partial charge in [0.2, 0.25) is 5.91 Å². The van der Waals surface area contributed by atoms with Gasteiger partial charge in [0.15, 0.2) is 10.9 Å². The molecular weight excluding hydrogens is 501 g/mol. The highest BCUT2D eigenvalue weighted by Gasteiger charge is 2.15. The van der Waals surface area contributed by atoms with Crippen LogP contribution in [0.25, 0.3) is 10.9 Å². The number of hydrogen-bond acceptors (Lipinski definition) is 5. The lowest BCUT2D eigenvalue weighted by Gasteiger charge is -2.13. The Labute approximate surface area is 216 Å². The first kappa shape index (κ1) is 25.6. The molecule has 0 saturated carbocycles. The number of para-hydroxylation sites is 1. The van der Waals surface area contributed by atoms with Gasteiger partial charge in [-0.25, -0.2) is 9.37 Å². The molecule has 1 aromatic heterocycles. The predicted molar refractivity (Wildman–Crippen MR) is 140 cm³/mol. The molecule has 0 aliphatic rings. The minimum Gasteiger partial charge on any atom is -0.352 e. The van der Waals surface area contributed by atoms with Crippen LogP contribution in [0.5, 0.6) is 0 Å². The average Bonchev–Trinajstić information content (AvgIpc) is 2.88. The first-order valence-corrected chi connectivity index (χ1v) is 12.7. The Morgan fingerprint density at radius 3 is 2.58 bits per heavy atom. The van der Waals surface area contributed by atoms with Gasteiger partial charge in [0.25, 0.3) is 5.56 Å². The molecule has 4 rings (SSSR count). The summed E-state index contributed by atoms with van der Waals surface area (Å²) in [5.41, 5.74) is 1.59. The van der Waals surface area contributed by atoms with Gasteiger partial charge in [0.1, 0.15) is 5.82 Å². The molecule has 1 heterocycles. The van der Waals surface area contributed by atoms with Crippen LogP contribution < -0.4 is 10.9 Å². The summed E-state index contributed by atoms with van der Waals surface area (Å²) in [4.78, 5) is 42.7. The van der Waals surface area contributed by atoms with E-state index in [9.17, 15) is 18.8 Å². The SMILES string of the molecule is O=C(CCCn1c(SCC(=O)c2ccc(F)cc2)nc2ccccc2c1=O)NCc1cccc(Cl)c1. The third kappa shape index (κ3) is 6.59. The first-order valence-electron chi connectivity index (χ1n) is 11.3. The Bertz CT molecular complexity index is 1460. The van der Waals surface area contributed by atoms with Crippen LogP contribution in [0.2, 0.25) is 5.02 Å². The van der Waals surface area contributed by atoms with E-state index in [4.69, 9.17) is 11.6 Å². The van der Waals surface area contributed by atoms with E-state index in [1.165, 1.54) is 28.8 Å². The fourth-order valence-electron chi connectivity index (χ4n) is 3.64. The number of benzene rings is 3. The number of rotatable bonds is 10. The second-order valence-corrected chi connectivity index (χ2v) is 9.48. The van der Waals surface area contributed by atoms with E-state index in [2.05, 4.69) is 10.3 Å². The highest BCUT2D eigenvalue weighted by atomic mass is 35.5. The molecule has 0 spiro atoms. The Hall–Kier alpha value is -3.49. The van der Waals surface area contributed by atoms with Gasteiger partial charge >= 0.3 is 0 Å². The number of carbonyl (C=O) groups is 2. The van der Waals surface area contributed by atoms with Crippen molar-refractivity contribution in [2.24, 2.45) is 0 Å². The smallest absolute Gasteiger partial charge is 0.262 e. The van der Waals surface area contributed by atoms with Crippen molar-refractivity contribution in [3.8, 4) is 0 Å². The van der Waals surface area contributed by atoms with E-state index >= 15 is 0 Å². The zero-order valence-corrected chi connectivity index (χ0v) is 20.8. The summed E-state index contributed by atoms with van der Waals surface area (Å²) in [6.45, 7) is 0.637. The van der Waals surface area contributed by atoms with Crippen LogP contribution in [0.4, 0.5) is 4.39 Å². The van der Waals surface area contributed by atoms with E-state index in [1.54, 1.807) is 36.4 Å². The topological polar surface area (TPSA) is 81.1 Å². The van der Waals surface area contributed by atoms with Crippen molar-refractivity contribution in [2.75, 3.05) is 5.75 Å². The van der Waals surface area contributed by atoms with E-state index in [0.717, 1.165) is 17.3 Å². The Balaban J connectivity index is 1.43. The van der Waals surface area contributed by atoms with Crippen LogP contribution >= 0.6 is 23.4 Å². The number of thioether (sulfide) groups is 1. The van der Waals surface area contributed by atoms with E-state index in [1.807, 2.05) is 12.1 Å². The predicted octanol–water partition coefficient (Wildman–Crippen LogP) is 5.26. The largest absolute Gasteiger partial charge is 0.352 e. The van der Waals surface area contributed by atoms with Gasteiger partial charge in [-0.2, -0.15) is 0 Å². The summed E-state index contributed by atoms with van der Waals surface area (Å²) >= 11 is 7.13. The minimum atomic E-state index is -0.416. The molecule has 3 aromatic carbocycles. The monoisotopic (exact) mass is 523 g/mol. The summed E-state index contributed by atoms with van der Waals surface area (Å²) in [6, 6.07) is 19.6. The maximum atomic E-state index is 13.2. The standard InChI is InChI=1S/C27H23ClFN3O3S/c28-20-6-3-5-18(15-20)16-30-25(34)9-4-14-32-26(35)22-7-1-2-8-23(22)31-27(32)36-17-24(33)19-10-12-21(29)13-11-19/h1-3,5-8,10-13,15H,4,9,14,16-17H2,(H,30,34). The van der Waals surface area contributed by atoms with Gasteiger partial charge in [-0.15, -0.1) is 0 Å². The molecule has 0 saturated heterocycles. The molecule has 6 nitrogen and oxygen atoms in total. The number of nitrogens with one attached hydrogen (secondary N) is 1. The van der Waals surface area contributed by atoms with Gasteiger partial charge < -0.3 is 5.32 Å². The lowest BCUT2D eigenvalue weighted by molar-refractivity contribution is -0.121. The normalized spacial score (nSPS) is 10.9. The van der Waals surface area contributed by atoms with Crippen molar-refractivity contribution in [1.29, 1.82) is 0 Å². The number of Topliss-reactive ketones (excluding diaryl/α,β-unsaturated/α-hetero) is 1. The number of nitrogens with zero attached hydrogens (tertiary/aromatic N) is 2. The summed E-state index contributed by atoms with van der Waals surface area (Å²) < 4.78 is 14.7. The number of hydrogen-bond donors (Lipinski definition) is 1. The van der Waals surface area contributed by atoms with Crippen LogP contribution in [0, 0.1) is 5.82 Å². The fraction of sp³-hybridized carbons (Fsp3) is 0.185. The zero-order valence-electron chi connectivity index (χ0n) is 19.2. The van der Waals surface area contributed by atoms with Gasteiger partial charge in [-0.05, 0) is 60.5 Å². The van der Waals surface area contributed by atoms with Crippen molar-refractivity contribution < 1.29 is 14.0 Å². The zero-order chi connectivity index (χ0) is 25.5. The molecule has 4 aromatic rings. The molecule has 36 heavy (non-hydrogen) atoms. The Morgan fingerprint density at radius 2 is 1.81 bits per heavy atom. The van der Waals surface area contributed by atoms with Crippen LogP contribution in [-0.4, -0.2) is 27.0 Å². The number of fused-ring (bicyclic) bond motifs is 1. The molecule has 1 N–H and O–H groups in total. The highest BCUT2D eigenvalue weighted by molar-refractivity contribution is 7.99. The van der Waals surface area contributed by atoms with Gasteiger partial charge in [-0.1, -0.05) is 47.6 Å². The lowest BCUT2D eigenvalue weighted by Crippen LogP contribution is -2.26.